The number of hydrogen-bond donors (Lipinski definition) is 3. The first-order valence-electron chi connectivity index (χ1n) is 6.29. The van der Waals surface area contributed by atoms with E-state index in [1.165, 1.54) is 6.07 Å². The van der Waals surface area contributed by atoms with Crippen molar-refractivity contribution >= 4 is 11.6 Å². The van der Waals surface area contributed by atoms with Gasteiger partial charge in [-0.25, -0.2) is 0 Å². The van der Waals surface area contributed by atoms with Gasteiger partial charge >= 0.3 is 0 Å². The Morgan fingerprint density at radius 2 is 1.55 bits per heavy atom. The second-order valence-electron chi connectivity index (χ2n) is 4.91. The quantitative estimate of drug-likeness (QED) is 0.734. The Morgan fingerprint density at radius 1 is 0.900 bits per heavy atom. The van der Waals surface area contributed by atoms with Gasteiger partial charge in [-0.2, -0.15) is 0 Å². The molecular formula is C16H17NO3. The lowest BCUT2D eigenvalue weighted by molar-refractivity contribution is 0.102. The van der Waals surface area contributed by atoms with E-state index in [1.807, 2.05) is 0 Å². The number of phenolic OH excluding ortho intramolecular Hbond substituents is 2. The molecule has 1 amide bonds. The lowest BCUT2D eigenvalue weighted by Crippen LogP contribution is -2.13. The molecule has 0 fully saturated rings. The summed E-state index contributed by atoms with van der Waals surface area (Å²) in [7, 11) is 0. The Labute approximate surface area is 117 Å². The molecule has 2 aromatic carbocycles. The minimum atomic E-state index is -0.298. The van der Waals surface area contributed by atoms with Crippen LogP contribution in [0, 0.1) is 20.8 Å². The molecule has 0 unspecified atom stereocenters. The van der Waals surface area contributed by atoms with Crippen molar-refractivity contribution in [1.82, 2.24) is 0 Å². The zero-order valence-electron chi connectivity index (χ0n) is 11.7. The Kier molecular flexibility index (Phi) is 3.66. The van der Waals surface area contributed by atoms with Crippen molar-refractivity contribution < 1.29 is 15.0 Å². The number of hydrogen-bond acceptors (Lipinski definition) is 3. The van der Waals surface area contributed by atoms with Gasteiger partial charge in [0.25, 0.3) is 5.91 Å². The molecule has 0 radical (unpaired) electrons. The van der Waals surface area contributed by atoms with Crippen LogP contribution in [0.3, 0.4) is 0 Å². The van der Waals surface area contributed by atoms with Crippen LogP contribution in [0.25, 0.3) is 0 Å². The SMILES string of the molecule is Cc1ccc(C(=O)Nc2cc(C)c(O)cc2C)cc1O. The molecule has 2 rings (SSSR count). The molecular weight excluding hydrogens is 254 g/mol. The Balaban J connectivity index is 2.27. The molecule has 104 valence electrons. The monoisotopic (exact) mass is 271 g/mol. The van der Waals surface area contributed by atoms with Crippen molar-refractivity contribution in [1.29, 1.82) is 0 Å². The minimum Gasteiger partial charge on any atom is -0.508 e. The van der Waals surface area contributed by atoms with Gasteiger partial charge in [0.1, 0.15) is 11.5 Å². The summed E-state index contributed by atoms with van der Waals surface area (Å²) in [6.07, 6.45) is 0. The molecule has 0 bridgehead atoms. The number of carbonyl (C=O) groups excluding carboxylic acids is 1. The number of rotatable bonds is 2. The van der Waals surface area contributed by atoms with E-state index in [4.69, 9.17) is 0 Å². The molecule has 0 aromatic heterocycles. The molecule has 0 saturated carbocycles. The smallest absolute Gasteiger partial charge is 0.255 e. The normalized spacial score (nSPS) is 10.3. The predicted molar refractivity (Wildman–Crippen MR) is 78.4 cm³/mol. The molecule has 0 aliphatic heterocycles. The number of carbonyl (C=O) groups is 1. The lowest BCUT2D eigenvalue weighted by Gasteiger charge is -2.11. The number of benzene rings is 2. The summed E-state index contributed by atoms with van der Waals surface area (Å²) >= 11 is 0. The minimum absolute atomic E-state index is 0.0938. The largest absolute Gasteiger partial charge is 0.508 e. The molecule has 4 heteroatoms. The van der Waals surface area contributed by atoms with Crippen LogP contribution in [0.1, 0.15) is 27.0 Å². The van der Waals surface area contributed by atoms with E-state index >= 15 is 0 Å². The third kappa shape index (κ3) is 2.74. The zero-order valence-corrected chi connectivity index (χ0v) is 11.7. The number of nitrogens with one attached hydrogen (secondary N) is 1. The van der Waals surface area contributed by atoms with E-state index in [1.54, 1.807) is 45.0 Å². The van der Waals surface area contributed by atoms with Crippen LogP contribution in [0.5, 0.6) is 11.5 Å². The molecule has 0 aliphatic rings. The number of phenols is 2. The van der Waals surface area contributed by atoms with Gasteiger partial charge in [-0.3, -0.25) is 4.79 Å². The highest BCUT2D eigenvalue weighted by Crippen LogP contribution is 2.26. The van der Waals surface area contributed by atoms with Gasteiger partial charge in [0.15, 0.2) is 0 Å². The molecule has 3 N–H and O–H groups in total. The second kappa shape index (κ2) is 5.25. The fourth-order valence-corrected chi connectivity index (χ4v) is 1.88. The van der Waals surface area contributed by atoms with Crippen molar-refractivity contribution in [2.45, 2.75) is 20.8 Å². The maximum absolute atomic E-state index is 12.1. The number of aryl methyl sites for hydroxylation is 3. The van der Waals surface area contributed by atoms with Gasteiger partial charge in [0, 0.05) is 11.3 Å². The lowest BCUT2D eigenvalue weighted by atomic mass is 10.1. The zero-order chi connectivity index (χ0) is 14.9. The van der Waals surface area contributed by atoms with Crippen molar-refractivity contribution in [3.63, 3.8) is 0 Å². The van der Waals surface area contributed by atoms with Crippen LogP contribution in [0.4, 0.5) is 5.69 Å². The van der Waals surface area contributed by atoms with Crippen LogP contribution in [-0.2, 0) is 0 Å². The van der Waals surface area contributed by atoms with Crippen LogP contribution in [0.2, 0.25) is 0 Å². The van der Waals surface area contributed by atoms with Crippen LogP contribution in [0.15, 0.2) is 30.3 Å². The first-order valence-corrected chi connectivity index (χ1v) is 6.29. The van der Waals surface area contributed by atoms with Gasteiger partial charge in [-0.1, -0.05) is 6.07 Å². The van der Waals surface area contributed by atoms with Crippen molar-refractivity contribution in [2.24, 2.45) is 0 Å². The van der Waals surface area contributed by atoms with Crippen molar-refractivity contribution in [2.75, 3.05) is 5.32 Å². The first kappa shape index (κ1) is 13.9. The van der Waals surface area contributed by atoms with E-state index in [0.717, 1.165) is 11.1 Å². The van der Waals surface area contributed by atoms with Gasteiger partial charge in [-0.05, 0) is 61.7 Å². The maximum Gasteiger partial charge on any atom is 0.255 e. The number of aromatic hydroxyl groups is 2. The molecule has 4 nitrogen and oxygen atoms in total. The van der Waals surface area contributed by atoms with E-state index in [2.05, 4.69) is 5.32 Å². The molecule has 0 atom stereocenters. The standard InChI is InChI=1S/C16H17NO3/c1-9-4-5-12(8-15(9)19)16(20)17-13-6-11(3)14(18)7-10(13)2/h4-8,18-19H,1-3H3,(H,17,20). The van der Waals surface area contributed by atoms with Gasteiger partial charge in [0.05, 0.1) is 0 Å². The second-order valence-corrected chi connectivity index (χ2v) is 4.91. The third-order valence-electron chi connectivity index (χ3n) is 3.26. The summed E-state index contributed by atoms with van der Waals surface area (Å²) in [6, 6.07) is 8.12. The summed E-state index contributed by atoms with van der Waals surface area (Å²) < 4.78 is 0. The van der Waals surface area contributed by atoms with Gasteiger partial charge < -0.3 is 15.5 Å². The average molecular weight is 271 g/mol. The number of anilines is 1. The number of amides is 1. The molecule has 0 heterocycles. The van der Waals surface area contributed by atoms with E-state index in [-0.39, 0.29) is 17.4 Å². The Hall–Kier alpha value is -2.49. The first-order chi connectivity index (χ1) is 9.38. The molecule has 0 saturated heterocycles. The Bertz CT molecular complexity index is 678. The van der Waals surface area contributed by atoms with E-state index < -0.39 is 0 Å². The summed E-state index contributed by atoms with van der Waals surface area (Å²) in [4.78, 5) is 12.1. The van der Waals surface area contributed by atoms with Crippen molar-refractivity contribution in [3.05, 3.63) is 52.6 Å². The van der Waals surface area contributed by atoms with E-state index in [9.17, 15) is 15.0 Å². The van der Waals surface area contributed by atoms with Gasteiger partial charge in [-0.15, -0.1) is 0 Å². The molecule has 0 aliphatic carbocycles. The topological polar surface area (TPSA) is 69.6 Å². The fraction of sp³-hybridized carbons (Fsp3) is 0.188. The predicted octanol–water partition coefficient (Wildman–Crippen LogP) is 3.28. The van der Waals surface area contributed by atoms with Crippen LogP contribution < -0.4 is 5.32 Å². The fourth-order valence-electron chi connectivity index (χ4n) is 1.88. The summed E-state index contributed by atoms with van der Waals surface area (Å²) in [5.41, 5.74) is 3.22. The molecule has 20 heavy (non-hydrogen) atoms. The average Bonchev–Trinajstić information content (AvgIpc) is 2.39. The summed E-state index contributed by atoms with van der Waals surface area (Å²) in [6.45, 7) is 5.34. The molecule has 0 spiro atoms. The highest BCUT2D eigenvalue weighted by atomic mass is 16.3. The summed E-state index contributed by atoms with van der Waals surface area (Å²) in [5.74, 6) is -0.00164. The van der Waals surface area contributed by atoms with Crippen molar-refractivity contribution in [3.8, 4) is 11.5 Å². The van der Waals surface area contributed by atoms with Crippen LogP contribution in [-0.4, -0.2) is 16.1 Å². The van der Waals surface area contributed by atoms with E-state index in [0.29, 0.717) is 16.8 Å². The summed E-state index contributed by atoms with van der Waals surface area (Å²) in [5, 5.41) is 22.0. The highest BCUT2D eigenvalue weighted by Gasteiger charge is 2.11. The van der Waals surface area contributed by atoms with Crippen LogP contribution >= 0.6 is 0 Å². The van der Waals surface area contributed by atoms with Gasteiger partial charge in [0.2, 0.25) is 0 Å². The molecule has 2 aromatic rings. The Morgan fingerprint density at radius 3 is 2.20 bits per heavy atom. The maximum atomic E-state index is 12.1. The third-order valence-corrected chi connectivity index (χ3v) is 3.26. The highest BCUT2D eigenvalue weighted by molar-refractivity contribution is 6.05.